The first kappa shape index (κ1) is 17.6. The van der Waals surface area contributed by atoms with Crippen molar-refractivity contribution in [3.05, 3.63) is 42.2 Å². The predicted octanol–water partition coefficient (Wildman–Crippen LogP) is 2.26. The van der Waals surface area contributed by atoms with Crippen molar-refractivity contribution in [2.24, 2.45) is 5.92 Å². The van der Waals surface area contributed by atoms with Gasteiger partial charge in [0, 0.05) is 38.3 Å². The van der Waals surface area contributed by atoms with Crippen molar-refractivity contribution >= 4 is 17.5 Å². The maximum atomic E-state index is 12.9. The number of hydrogen-bond acceptors (Lipinski definition) is 3. The summed E-state index contributed by atoms with van der Waals surface area (Å²) in [7, 11) is 0. The number of piperazine rings is 1. The monoisotopic (exact) mass is 345 g/mol. The SMILES string of the molecule is O=C(CN1CCN(C(=O)C[C@H]2C=CCC2)CC1)Nc1ccc(F)cc1. The quantitative estimate of drug-likeness (QED) is 0.833. The minimum Gasteiger partial charge on any atom is -0.340 e. The van der Waals surface area contributed by atoms with Crippen LogP contribution in [0.25, 0.3) is 0 Å². The molecule has 0 aromatic heterocycles. The summed E-state index contributed by atoms with van der Waals surface area (Å²) in [5.74, 6) is 0.161. The molecule has 1 fully saturated rings. The third kappa shape index (κ3) is 5.13. The van der Waals surface area contributed by atoms with Gasteiger partial charge in [0.25, 0.3) is 0 Å². The third-order valence-electron chi connectivity index (χ3n) is 4.77. The van der Waals surface area contributed by atoms with E-state index in [2.05, 4.69) is 17.5 Å². The molecule has 0 saturated carbocycles. The van der Waals surface area contributed by atoms with Crippen LogP contribution in [0.3, 0.4) is 0 Å². The number of carbonyl (C=O) groups is 2. The first-order valence-corrected chi connectivity index (χ1v) is 8.82. The highest BCUT2D eigenvalue weighted by Gasteiger charge is 2.24. The first-order valence-electron chi connectivity index (χ1n) is 8.82. The molecule has 0 unspecified atom stereocenters. The number of nitrogens with one attached hydrogen (secondary N) is 1. The van der Waals surface area contributed by atoms with Crippen LogP contribution in [0.15, 0.2) is 36.4 Å². The maximum Gasteiger partial charge on any atom is 0.238 e. The number of halogens is 1. The van der Waals surface area contributed by atoms with E-state index in [4.69, 9.17) is 0 Å². The van der Waals surface area contributed by atoms with E-state index in [0.29, 0.717) is 44.2 Å². The molecule has 134 valence electrons. The van der Waals surface area contributed by atoms with Crippen LogP contribution < -0.4 is 5.32 Å². The minimum atomic E-state index is -0.327. The van der Waals surface area contributed by atoms with Gasteiger partial charge in [0.15, 0.2) is 0 Å². The van der Waals surface area contributed by atoms with Gasteiger partial charge in [-0.2, -0.15) is 0 Å². The van der Waals surface area contributed by atoms with Gasteiger partial charge in [0.1, 0.15) is 5.82 Å². The molecule has 5 nitrogen and oxygen atoms in total. The number of nitrogens with zero attached hydrogens (tertiary/aromatic N) is 2. The van der Waals surface area contributed by atoms with Crippen LogP contribution in [0.4, 0.5) is 10.1 Å². The Labute approximate surface area is 147 Å². The third-order valence-corrected chi connectivity index (χ3v) is 4.77. The zero-order valence-corrected chi connectivity index (χ0v) is 14.3. The molecule has 1 aliphatic carbocycles. The van der Waals surface area contributed by atoms with Crippen molar-refractivity contribution < 1.29 is 14.0 Å². The number of hydrogen-bond donors (Lipinski definition) is 1. The van der Waals surface area contributed by atoms with Crippen molar-refractivity contribution in [3.8, 4) is 0 Å². The average Bonchev–Trinajstić information content (AvgIpc) is 3.10. The Morgan fingerprint density at radius 2 is 1.84 bits per heavy atom. The molecule has 1 N–H and O–H groups in total. The normalized spacial score (nSPS) is 20.7. The molecule has 1 aromatic rings. The van der Waals surface area contributed by atoms with Gasteiger partial charge in [-0.25, -0.2) is 4.39 Å². The van der Waals surface area contributed by atoms with Crippen molar-refractivity contribution in [2.75, 3.05) is 38.0 Å². The summed E-state index contributed by atoms with van der Waals surface area (Å²) in [5.41, 5.74) is 0.588. The van der Waals surface area contributed by atoms with Gasteiger partial charge >= 0.3 is 0 Å². The molecule has 2 amide bonds. The van der Waals surface area contributed by atoms with Crippen molar-refractivity contribution in [1.29, 1.82) is 0 Å². The molecule has 0 bridgehead atoms. The molecule has 0 spiro atoms. The summed E-state index contributed by atoms with van der Waals surface area (Å²) in [4.78, 5) is 28.3. The van der Waals surface area contributed by atoms with Crippen LogP contribution >= 0.6 is 0 Å². The summed E-state index contributed by atoms with van der Waals surface area (Å²) in [6.07, 6.45) is 7.05. The van der Waals surface area contributed by atoms with E-state index in [0.717, 1.165) is 12.8 Å². The summed E-state index contributed by atoms with van der Waals surface area (Å²) in [6, 6.07) is 5.72. The molecule has 1 aliphatic heterocycles. The lowest BCUT2D eigenvalue weighted by molar-refractivity contribution is -0.133. The van der Waals surface area contributed by atoms with Gasteiger partial charge in [-0.05, 0) is 43.0 Å². The van der Waals surface area contributed by atoms with E-state index in [1.54, 1.807) is 12.1 Å². The number of rotatable bonds is 5. The Morgan fingerprint density at radius 3 is 2.48 bits per heavy atom. The van der Waals surface area contributed by atoms with Gasteiger partial charge < -0.3 is 10.2 Å². The van der Waals surface area contributed by atoms with E-state index in [9.17, 15) is 14.0 Å². The fraction of sp³-hybridized carbons (Fsp3) is 0.474. The van der Waals surface area contributed by atoms with Gasteiger partial charge in [-0.3, -0.25) is 14.5 Å². The maximum absolute atomic E-state index is 12.9. The highest BCUT2D eigenvalue weighted by Crippen LogP contribution is 2.21. The van der Waals surface area contributed by atoms with Crippen LogP contribution in [-0.4, -0.2) is 54.3 Å². The van der Waals surface area contributed by atoms with E-state index < -0.39 is 0 Å². The van der Waals surface area contributed by atoms with E-state index in [1.165, 1.54) is 12.1 Å². The molecular formula is C19H24FN3O2. The van der Waals surface area contributed by atoms with Crippen molar-refractivity contribution in [1.82, 2.24) is 9.80 Å². The number of amides is 2. The topological polar surface area (TPSA) is 52.7 Å². The lowest BCUT2D eigenvalue weighted by Crippen LogP contribution is -2.50. The van der Waals surface area contributed by atoms with Gasteiger partial charge in [0.05, 0.1) is 6.54 Å². The van der Waals surface area contributed by atoms with E-state index >= 15 is 0 Å². The predicted molar refractivity (Wildman–Crippen MR) is 94.5 cm³/mol. The van der Waals surface area contributed by atoms with Crippen molar-refractivity contribution in [2.45, 2.75) is 19.3 Å². The molecule has 1 heterocycles. The molecule has 1 aromatic carbocycles. The van der Waals surface area contributed by atoms with Gasteiger partial charge in [0.2, 0.25) is 11.8 Å². The van der Waals surface area contributed by atoms with E-state index in [-0.39, 0.29) is 24.2 Å². The fourth-order valence-corrected chi connectivity index (χ4v) is 3.31. The Bertz CT molecular complexity index is 637. The van der Waals surface area contributed by atoms with Crippen LogP contribution in [0, 0.1) is 11.7 Å². The first-order chi connectivity index (χ1) is 12.1. The average molecular weight is 345 g/mol. The van der Waals surface area contributed by atoms with E-state index in [1.807, 2.05) is 9.80 Å². The highest BCUT2D eigenvalue weighted by molar-refractivity contribution is 5.92. The second-order valence-electron chi connectivity index (χ2n) is 6.68. The van der Waals surface area contributed by atoms with Crippen LogP contribution in [0.1, 0.15) is 19.3 Å². The zero-order chi connectivity index (χ0) is 17.6. The zero-order valence-electron chi connectivity index (χ0n) is 14.3. The smallest absolute Gasteiger partial charge is 0.238 e. The highest BCUT2D eigenvalue weighted by atomic mass is 19.1. The summed E-state index contributed by atoms with van der Waals surface area (Å²) >= 11 is 0. The number of carbonyl (C=O) groups excluding carboxylic acids is 2. The van der Waals surface area contributed by atoms with Crippen LogP contribution in [-0.2, 0) is 9.59 Å². The summed E-state index contributed by atoms with van der Waals surface area (Å²) in [5, 5.41) is 2.76. The molecule has 6 heteroatoms. The van der Waals surface area contributed by atoms with Crippen LogP contribution in [0.2, 0.25) is 0 Å². The Balaban J connectivity index is 1.39. The molecular weight excluding hydrogens is 321 g/mol. The van der Waals surface area contributed by atoms with Gasteiger partial charge in [-0.15, -0.1) is 0 Å². The lowest BCUT2D eigenvalue weighted by atomic mass is 10.0. The Kier molecular flexibility index (Phi) is 5.81. The Morgan fingerprint density at radius 1 is 1.12 bits per heavy atom. The fourth-order valence-electron chi connectivity index (χ4n) is 3.31. The lowest BCUT2D eigenvalue weighted by Gasteiger charge is -2.34. The van der Waals surface area contributed by atoms with Crippen molar-refractivity contribution in [3.63, 3.8) is 0 Å². The molecule has 1 atom stereocenters. The second kappa shape index (κ2) is 8.25. The number of benzene rings is 1. The standard InChI is InChI=1S/C19H24FN3O2/c20-16-5-7-17(8-6-16)21-18(24)14-22-9-11-23(12-10-22)19(25)13-15-3-1-2-4-15/h1,3,5-8,15H,2,4,9-14H2,(H,21,24)/t15-/m0/s1. The number of allylic oxidation sites excluding steroid dienone is 2. The van der Waals surface area contributed by atoms with Crippen LogP contribution in [0.5, 0.6) is 0 Å². The minimum absolute atomic E-state index is 0.123. The number of anilines is 1. The second-order valence-corrected chi connectivity index (χ2v) is 6.68. The van der Waals surface area contributed by atoms with Gasteiger partial charge in [-0.1, -0.05) is 12.2 Å². The molecule has 3 rings (SSSR count). The largest absolute Gasteiger partial charge is 0.340 e. The Hall–Kier alpha value is -2.21. The summed E-state index contributed by atoms with van der Waals surface area (Å²) < 4.78 is 12.9. The molecule has 1 saturated heterocycles. The molecule has 2 aliphatic rings. The summed E-state index contributed by atoms with van der Waals surface area (Å²) in [6.45, 7) is 3.01. The molecule has 0 radical (unpaired) electrons. The molecule has 25 heavy (non-hydrogen) atoms.